The number of carboxylic acid groups (broad SMARTS) is 2. The SMILES string of the molecule is O=C(O)CCC(NC(=O)N(CCO)CC(F)(F)F)C(=O)O. The molecule has 0 aliphatic heterocycles. The normalized spacial score (nSPS) is 12.6. The lowest BCUT2D eigenvalue weighted by molar-refractivity contribution is -0.141. The zero-order valence-electron chi connectivity index (χ0n) is 10.8. The van der Waals surface area contributed by atoms with Crippen molar-refractivity contribution in [2.75, 3.05) is 19.7 Å². The summed E-state index contributed by atoms with van der Waals surface area (Å²) in [4.78, 5) is 32.9. The van der Waals surface area contributed by atoms with Gasteiger partial charge in [0.2, 0.25) is 0 Å². The van der Waals surface area contributed by atoms with Crippen LogP contribution in [0, 0.1) is 0 Å². The monoisotopic (exact) mass is 316 g/mol. The summed E-state index contributed by atoms with van der Waals surface area (Å²) in [6.45, 7) is -3.04. The maximum absolute atomic E-state index is 12.2. The molecule has 0 spiro atoms. The van der Waals surface area contributed by atoms with Crippen LogP contribution in [0.15, 0.2) is 0 Å². The second-order valence-electron chi connectivity index (χ2n) is 4.03. The summed E-state index contributed by atoms with van der Waals surface area (Å²) < 4.78 is 36.7. The molecule has 0 radical (unpaired) electrons. The quantitative estimate of drug-likeness (QED) is 0.494. The molecule has 11 heteroatoms. The number of aliphatic hydroxyl groups is 1. The number of nitrogens with zero attached hydrogens (tertiary/aromatic N) is 1. The number of carbonyl (C=O) groups is 3. The number of aliphatic hydroxyl groups excluding tert-OH is 1. The minimum Gasteiger partial charge on any atom is -0.481 e. The molecule has 0 aliphatic carbocycles. The minimum atomic E-state index is -4.72. The molecule has 1 atom stereocenters. The smallest absolute Gasteiger partial charge is 0.406 e. The van der Waals surface area contributed by atoms with Crippen molar-refractivity contribution in [3.05, 3.63) is 0 Å². The Hall–Kier alpha value is -2.04. The summed E-state index contributed by atoms with van der Waals surface area (Å²) in [6.07, 6.45) is -5.77. The van der Waals surface area contributed by atoms with Gasteiger partial charge in [-0.05, 0) is 6.42 Å². The highest BCUT2D eigenvalue weighted by Crippen LogP contribution is 2.16. The van der Waals surface area contributed by atoms with E-state index in [1.807, 2.05) is 0 Å². The fraction of sp³-hybridized carbons (Fsp3) is 0.700. The highest BCUT2D eigenvalue weighted by atomic mass is 19.4. The maximum Gasteiger partial charge on any atom is 0.406 e. The van der Waals surface area contributed by atoms with E-state index in [1.165, 1.54) is 0 Å². The molecule has 0 fully saturated rings. The number of carbonyl (C=O) groups excluding carboxylic acids is 1. The highest BCUT2D eigenvalue weighted by Gasteiger charge is 2.34. The summed E-state index contributed by atoms with van der Waals surface area (Å²) in [6, 6.07) is -2.98. The van der Waals surface area contributed by atoms with Gasteiger partial charge in [0.05, 0.1) is 6.61 Å². The topological polar surface area (TPSA) is 127 Å². The Bertz CT molecular complexity index is 387. The molecular formula is C10H15F3N2O6. The lowest BCUT2D eigenvalue weighted by Crippen LogP contribution is -2.51. The predicted molar refractivity (Wildman–Crippen MR) is 61.5 cm³/mol. The molecule has 0 rings (SSSR count). The van der Waals surface area contributed by atoms with Gasteiger partial charge in [-0.15, -0.1) is 0 Å². The van der Waals surface area contributed by atoms with Gasteiger partial charge in [-0.1, -0.05) is 0 Å². The highest BCUT2D eigenvalue weighted by molar-refractivity contribution is 5.83. The van der Waals surface area contributed by atoms with Crippen molar-refractivity contribution in [2.45, 2.75) is 25.1 Å². The van der Waals surface area contributed by atoms with Gasteiger partial charge in [0.1, 0.15) is 12.6 Å². The first-order valence-corrected chi connectivity index (χ1v) is 5.74. The Balaban J connectivity index is 4.74. The number of hydrogen-bond acceptors (Lipinski definition) is 4. The Labute approximate surface area is 117 Å². The van der Waals surface area contributed by atoms with E-state index in [0.717, 1.165) is 0 Å². The lowest BCUT2D eigenvalue weighted by atomic mass is 10.1. The Kier molecular flexibility index (Phi) is 7.49. The number of nitrogens with one attached hydrogen (secondary N) is 1. The first-order valence-electron chi connectivity index (χ1n) is 5.74. The van der Waals surface area contributed by atoms with Crippen molar-refractivity contribution in [1.82, 2.24) is 10.2 Å². The van der Waals surface area contributed by atoms with E-state index >= 15 is 0 Å². The van der Waals surface area contributed by atoms with E-state index in [4.69, 9.17) is 15.3 Å². The molecule has 21 heavy (non-hydrogen) atoms. The second-order valence-corrected chi connectivity index (χ2v) is 4.03. The number of amides is 2. The summed E-state index contributed by atoms with van der Waals surface area (Å²) in [5.74, 6) is -2.88. The third-order valence-electron chi connectivity index (χ3n) is 2.27. The number of alkyl halides is 3. The van der Waals surface area contributed by atoms with Crippen molar-refractivity contribution in [3.8, 4) is 0 Å². The average Bonchev–Trinajstić information content (AvgIpc) is 2.31. The van der Waals surface area contributed by atoms with E-state index in [0.29, 0.717) is 0 Å². The van der Waals surface area contributed by atoms with Gasteiger partial charge >= 0.3 is 24.1 Å². The zero-order valence-corrected chi connectivity index (χ0v) is 10.8. The molecule has 0 aromatic rings. The van der Waals surface area contributed by atoms with Crippen molar-refractivity contribution < 1.29 is 42.9 Å². The molecule has 0 aromatic carbocycles. The first kappa shape index (κ1) is 19.0. The molecular weight excluding hydrogens is 301 g/mol. The van der Waals surface area contributed by atoms with Crippen LogP contribution in [0.2, 0.25) is 0 Å². The van der Waals surface area contributed by atoms with Crippen LogP contribution in [0.4, 0.5) is 18.0 Å². The molecule has 2 amide bonds. The van der Waals surface area contributed by atoms with Crippen LogP contribution in [-0.2, 0) is 9.59 Å². The summed E-state index contributed by atoms with van der Waals surface area (Å²) in [7, 11) is 0. The van der Waals surface area contributed by atoms with Gasteiger partial charge in [-0.2, -0.15) is 13.2 Å². The van der Waals surface area contributed by atoms with E-state index in [-0.39, 0.29) is 4.90 Å². The fourth-order valence-electron chi connectivity index (χ4n) is 1.36. The van der Waals surface area contributed by atoms with Gasteiger partial charge in [0, 0.05) is 13.0 Å². The van der Waals surface area contributed by atoms with Crippen molar-refractivity contribution >= 4 is 18.0 Å². The van der Waals surface area contributed by atoms with Crippen LogP contribution < -0.4 is 5.32 Å². The predicted octanol–water partition coefficient (Wildman–Crippen LogP) is -0.129. The minimum absolute atomic E-state index is 0.191. The van der Waals surface area contributed by atoms with E-state index in [1.54, 1.807) is 5.32 Å². The molecule has 8 nitrogen and oxygen atoms in total. The van der Waals surface area contributed by atoms with Gasteiger partial charge in [0.15, 0.2) is 0 Å². The maximum atomic E-state index is 12.2. The lowest BCUT2D eigenvalue weighted by Gasteiger charge is -2.25. The molecule has 0 saturated heterocycles. The molecule has 0 bridgehead atoms. The number of halogens is 3. The van der Waals surface area contributed by atoms with Crippen LogP contribution in [0.3, 0.4) is 0 Å². The molecule has 122 valence electrons. The third kappa shape index (κ3) is 8.68. The summed E-state index contributed by atoms with van der Waals surface area (Å²) in [5, 5.41) is 27.6. The number of aliphatic carboxylic acids is 2. The van der Waals surface area contributed by atoms with Crippen LogP contribution in [0.25, 0.3) is 0 Å². The summed E-state index contributed by atoms with van der Waals surface area (Å²) >= 11 is 0. The Morgan fingerprint density at radius 1 is 1.19 bits per heavy atom. The zero-order chi connectivity index (χ0) is 16.6. The van der Waals surface area contributed by atoms with E-state index < -0.39 is 62.7 Å². The van der Waals surface area contributed by atoms with Crippen LogP contribution >= 0.6 is 0 Å². The molecule has 0 aliphatic rings. The van der Waals surface area contributed by atoms with Gasteiger partial charge in [0.25, 0.3) is 0 Å². The third-order valence-corrected chi connectivity index (χ3v) is 2.27. The number of carboxylic acids is 2. The van der Waals surface area contributed by atoms with Crippen molar-refractivity contribution in [2.24, 2.45) is 0 Å². The fourth-order valence-corrected chi connectivity index (χ4v) is 1.36. The van der Waals surface area contributed by atoms with Gasteiger partial charge in [-0.25, -0.2) is 9.59 Å². The van der Waals surface area contributed by atoms with Gasteiger partial charge < -0.3 is 25.5 Å². The van der Waals surface area contributed by atoms with Crippen molar-refractivity contribution in [3.63, 3.8) is 0 Å². The number of hydrogen-bond donors (Lipinski definition) is 4. The molecule has 0 heterocycles. The second kappa shape index (κ2) is 8.29. The van der Waals surface area contributed by atoms with E-state index in [2.05, 4.69) is 0 Å². The first-order chi connectivity index (χ1) is 9.56. The number of rotatable bonds is 8. The standard InChI is InChI=1S/C10H15F3N2O6/c11-10(12,13)5-15(3-4-16)9(21)14-6(8(19)20)1-2-7(17)18/h6,16H,1-5H2,(H,14,21)(H,17,18)(H,19,20). The molecule has 0 saturated carbocycles. The largest absolute Gasteiger partial charge is 0.481 e. The van der Waals surface area contributed by atoms with Crippen LogP contribution in [-0.4, -0.2) is 70.1 Å². The van der Waals surface area contributed by atoms with Crippen LogP contribution in [0.5, 0.6) is 0 Å². The Morgan fingerprint density at radius 3 is 2.14 bits per heavy atom. The Morgan fingerprint density at radius 2 is 1.76 bits per heavy atom. The molecule has 0 aromatic heterocycles. The van der Waals surface area contributed by atoms with Gasteiger partial charge in [-0.3, -0.25) is 4.79 Å². The summed E-state index contributed by atoms with van der Waals surface area (Å²) in [5.41, 5.74) is 0. The average molecular weight is 316 g/mol. The molecule has 4 N–H and O–H groups in total. The van der Waals surface area contributed by atoms with Crippen molar-refractivity contribution in [1.29, 1.82) is 0 Å². The van der Waals surface area contributed by atoms with Crippen LogP contribution in [0.1, 0.15) is 12.8 Å². The number of urea groups is 1. The van der Waals surface area contributed by atoms with E-state index in [9.17, 15) is 27.6 Å². The molecule has 1 unspecified atom stereocenters.